The van der Waals surface area contributed by atoms with Crippen LogP contribution in [-0.2, 0) is 16.0 Å². The fourth-order valence-electron chi connectivity index (χ4n) is 2.94. The van der Waals surface area contributed by atoms with Crippen LogP contribution >= 0.6 is 0 Å². The molecule has 2 atom stereocenters. The Morgan fingerprint density at radius 3 is 2.85 bits per heavy atom. The van der Waals surface area contributed by atoms with Gasteiger partial charge in [-0.25, -0.2) is 0 Å². The van der Waals surface area contributed by atoms with Gasteiger partial charge in [0.05, 0.1) is 13.2 Å². The van der Waals surface area contributed by atoms with Crippen molar-refractivity contribution in [1.82, 2.24) is 0 Å². The van der Waals surface area contributed by atoms with Gasteiger partial charge in [-0.15, -0.1) is 0 Å². The van der Waals surface area contributed by atoms with Crippen molar-refractivity contribution in [3.05, 3.63) is 29.3 Å². The van der Waals surface area contributed by atoms with E-state index in [0.717, 1.165) is 18.6 Å². The maximum Gasteiger partial charge on any atom is 0.305 e. The molecule has 1 aromatic carbocycles. The standard InChI is InChI=1S/C16H23NO3/c1-3-19-14-7-5-6-11-10-13(17)12(16(11)14)8-9-15(18)20-4-2/h5-7,12-13H,3-4,8-10,17H2,1-2H3. The van der Waals surface area contributed by atoms with Gasteiger partial charge in [0, 0.05) is 23.9 Å². The van der Waals surface area contributed by atoms with Crippen molar-refractivity contribution in [3.63, 3.8) is 0 Å². The Hall–Kier alpha value is -1.55. The molecule has 0 heterocycles. The number of ether oxygens (including phenoxy) is 2. The van der Waals surface area contributed by atoms with Crippen LogP contribution in [0.25, 0.3) is 0 Å². The lowest BCUT2D eigenvalue weighted by Gasteiger charge is -2.19. The third kappa shape index (κ3) is 3.12. The molecule has 2 N–H and O–H groups in total. The van der Waals surface area contributed by atoms with Crippen molar-refractivity contribution >= 4 is 5.97 Å². The average Bonchev–Trinajstić information content (AvgIpc) is 2.74. The Morgan fingerprint density at radius 2 is 2.15 bits per heavy atom. The van der Waals surface area contributed by atoms with Gasteiger partial charge in [-0.1, -0.05) is 12.1 Å². The van der Waals surface area contributed by atoms with E-state index in [9.17, 15) is 4.79 Å². The summed E-state index contributed by atoms with van der Waals surface area (Å²) in [7, 11) is 0. The van der Waals surface area contributed by atoms with Crippen LogP contribution in [-0.4, -0.2) is 25.2 Å². The quantitative estimate of drug-likeness (QED) is 0.811. The number of rotatable bonds is 6. The number of hydrogen-bond donors (Lipinski definition) is 1. The number of hydrogen-bond acceptors (Lipinski definition) is 4. The molecule has 1 aliphatic rings. The van der Waals surface area contributed by atoms with E-state index in [1.807, 2.05) is 26.0 Å². The predicted octanol–water partition coefficient (Wildman–Crippen LogP) is 2.40. The van der Waals surface area contributed by atoms with Crippen molar-refractivity contribution in [2.45, 2.75) is 45.1 Å². The summed E-state index contributed by atoms with van der Waals surface area (Å²) in [6.45, 7) is 4.86. The van der Waals surface area contributed by atoms with Crippen molar-refractivity contribution in [2.24, 2.45) is 5.73 Å². The molecule has 4 nitrogen and oxygen atoms in total. The van der Waals surface area contributed by atoms with Crippen LogP contribution in [0, 0.1) is 0 Å². The minimum atomic E-state index is -0.151. The van der Waals surface area contributed by atoms with Crippen LogP contribution in [0.5, 0.6) is 5.75 Å². The smallest absolute Gasteiger partial charge is 0.305 e. The third-order valence-corrected chi connectivity index (χ3v) is 3.76. The zero-order valence-electron chi connectivity index (χ0n) is 12.2. The zero-order valence-corrected chi connectivity index (χ0v) is 12.2. The van der Waals surface area contributed by atoms with Crippen molar-refractivity contribution < 1.29 is 14.3 Å². The number of fused-ring (bicyclic) bond motifs is 1. The van der Waals surface area contributed by atoms with Crippen molar-refractivity contribution in [1.29, 1.82) is 0 Å². The summed E-state index contributed by atoms with van der Waals surface area (Å²) in [6.07, 6.45) is 1.98. The van der Waals surface area contributed by atoms with E-state index in [0.29, 0.717) is 19.6 Å². The molecule has 0 radical (unpaired) electrons. The SMILES string of the molecule is CCOC(=O)CCC1c2c(cccc2OCC)CC1N. The summed E-state index contributed by atoms with van der Waals surface area (Å²) in [5.74, 6) is 0.936. The molecule has 2 rings (SSSR count). The molecule has 0 saturated carbocycles. The summed E-state index contributed by atoms with van der Waals surface area (Å²) in [5, 5.41) is 0. The highest BCUT2D eigenvalue weighted by Crippen LogP contribution is 2.41. The van der Waals surface area contributed by atoms with E-state index in [-0.39, 0.29) is 17.9 Å². The summed E-state index contributed by atoms with van der Waals surface area (Å²) in [5.41, 5.74) is 8.68. The van der Waals surface area contributed by atoms with Crippen LogP contribution in [0.4, 0.5) is 0 Å². The minimum Gasteiger partial charge on any atom is -0.494 e. The highest BCUT2D eigenvalue weighted by molar-refractivity contribution is 5.69. The largest absolute Gasteiger partial charge is 0.494 e. The van der Waals surface area contributed by atoms with E-state index in [1.54, 1.807) is 0 Å². The van der Waals surface area contributed by atoms with Gasteiger partial charge in [-0.05, 0) is 38.3 Å². The number of esters is 1. The molecular weight excluding hydrogens is 254 g/mol. The lowest BCUT2D eigenvalue weighted by Crippen LogP contribution is -2.25. The van der Waals surface area contributed by atoms with E-state index in [4.69, 9.17) is 15.2 Å². The average molecular weight is 277 g/mol. The molecule has 1 aliphatic carbocycles. The van der Waals surface area contributed by atoms with Gasteiger partial charge in [0.1, 0.15) is 5.75 Å². The Bertz CT molecular complexity index is 473. The van der Waals surface area contributed by atoms with Crippen molar-refractivity contribution in [3.8, 4) is 5.75 Å². The maximum absolute atomic E-state index is 11.5. The molecule has 110 valence electrons. The van der Waals surface area contributed by atoms with Gasteiger partial charge in [0.15, 0.2) is 0 Å². The Morgan fingerprint density at radius 1 is 1.35 bits per heavy atom. The number of nitrogens with two attached hydrogens (primary N) is 1. The third-order valence-electron chi connectivity index (χ3n) is 3.76. The lowest BCUT2D eigenvalue weighted by molar-refractivity contribution is -0.143. The fourth-order valence-corrected chi connectivity index (χ4v) is 2.94. The van der Waals surface area contributed by atoms with Crippen LogP contribution in [0.3, 0.4) is 0 Å². The molecule has 1 aromatic rings. The number of carbonyl (C=O) groups excluding carboxylic acids is 1. The van der Waals surface area contributed by atoms with Crippen LogP contribution in [0.15, 0.2) is 18.2 Å². The second kappa shape index (κ2) is 6.75. The van der Waals surface area contributed by atoms with Gasteiger partial charge in [0.2, 0.25) is 0 Å². The van der Waals surface area contributed by atoms with E-state index >= 15 is 0 Å². The first kappa shape index (κ1) is 14.9. The highest BCUT2D eigenvalue weighted by atomic mass is 16.5. The molecule has 0 aromatic heterocycles. The first-order valence-corrected chi connectivity index (χ1v) is 7.33. The summed E-state index contributed by atoms with van der Waals surface area (Å²) in [4.78, 5) is 11.5. The number of carbonyl (C=O) groups is 1. The van der Waals surface area contributed by atoms with Crippen molar-refractivity contribution in [2.75, 3.05) is 13.2 Å². The van der Waals surface area contributed by atoms with Gasteiger partial charge in [-0.2, -0.15) is 0 Å². The first-order valence-electron chi connectivity index (χ1n) is 7.33. The van der Waals surface area contributed by atoms with Gasteiger partial charge in [0.25, 0.3) is 0 Å². The minimum absolute atomic E-state index is 0.0565. The van der Waals surface area contributed by atoms with Crippen LogP contribution in [0.2, 0.25) is 0 Å². The molecule has 0 amide bonds. The highest BCUT2D eigenvalue weighted by Gasteiger charge is 2.32. The number of benzene rings is 1. The molecule has 20 heavy (non-hydrogen) atoms. The molecule has 4 heteroatoms. The van der Waals surface area contributed by atoms with E-state index < -0.39 is 0 Å². The van der Waals surface area contributed by atoms with Crippen LogP contribution in [0.1, 0.15) is 43.7 Å². The topological polar surface area (TPSA) is 61.5 Å². The van der Waals surface area contributed by atoms with Gasteiger partial charge < -0.3 is 15.2 Å². The first-order chi connectivity index (χ1) is 9.67. The summed E-state index contributed by atoms with van der Waals surface area (Å²) in [6, 6.07) is 6.14. The predicted molar refractivity (Wildman–Crippen MR) is 77.9 cm³/mol. The zero-order chi connectivity index (χ0) is 14.5. The monoisotopic (exact) mass is 277 g/mol. The Balaban J connectivity index is 2.14. The second-order valence-corrected chi connectivity index (χ2v) is 5.08. The summed E-state index contributed by atoms with van der Waals surface area (Å²) >= 11 is 0. The normalized spacial score (nSPS) is 20.6. The lowest BCUT2D eigenvalue weighted by atomic mass is 9.93. The fraction of sp³-hybridized carbons (Fsp3) is 0.562. The summed E-state index contributed by atoms with van der Waals surface area (Å²) < 4.78 is 10.7. The second-order valence-electron chi connectivity index (χ2n) is 5.08. The van der Waals surface area contributed by atoms with E-state index in [1.165, 1.54) is 11.1 Å². The Labute approximate surface area is 120 Å². The van der Waals surface area contributed by atoms with E-state index in [2.05, 4.69) is 6.07 Å². The molecular formula is C16H23NO3. The molecule has 0 fully saturated rings. The van der Waals surface area contributed by atoms with Crippen LogP contribution < -0.4 is 10.5 Å². The molecule has 0 spiro atoms. The maximum atomic E-state index is 11.5. The molecule has 2 unspecified atom stereocenters. The van der Waals surface area contributed by atoms with Gasteiger partial charge in [-0.3, -0.25) is 4.79 Å². The molecule has 0 saturated heterocycles. The van der Waals surface area contributed by atoms with Gasteiger partial charge >= 0.3 is 5.97 Å². The Kier molecular flexibility index (Phi) is 5.01. The molecule has 0 bridgehead atoms. The molecule has 0 aliphatic heterocycles.